The summed E-state index contributed by atoms with van der Waals surface area (Å²) < 4.78 is 5.34. The lowest BCUT2D eigenvalue weighted by molar-refractivity contribution is -0.137. The molecule has 100 valence electrons. The summed E-state index contributed by atoms with van der Waals surface area (Å²) >= 11 is 0. The highest BCUT2D eigenvalue weighted by Gasteiger charge is 2.12. The maximum Gasteiger partial charge on any atom is 0.303 e. The Morgan fingerprint density at radius 2 is 2.00 bits per heavy atom. The SMILES string of the molecule is COc1ccc(CC(C)CC(=O)O)cc1C(C)C. The van der Waals surface area contributed by atoms with Gasteiger partial charge in [0.15, 0.2) is 0 Å². The Kier molecular flexibility index (Phi) is 5.20. The minimum absolute atomic E-state index is 0.149. The van der Waals surface area contributed by atoms with Gasteiger partial charge in [-0.05, 0) is 35.4 Å². The maximum atomic E-state index is 10.7. The lowest BCUT2D eigenvalue weighted by Crippen LogP contribution is -2.07. The summed E-state index contributed by atoms with van der Waals surface area (Å²) in [6.45, 7) is 6.22. The van der Waals surface area contributed by atoms with E-state index in [1.54, 1.807) is 7.11 Å². The number of hydrogen-bond acceptors (Lipinski definition) is 2. The molecule has 0 amide bonds. The van der Waals surface area contributed by atoms with E-state index in [2.05, 4.69) is 19.9 Å². The molecule has 0 bridgehead atoms. The topological polar surface area (TPSA) is 46.5 Å². The van der Waals surface area contributed by atoms with Gasteiger partial charge in [-0.25, -0.2) is 0 Å². The van der Waals surface area contributed by atoms with Crippen LogP contribution >= 0.6 is 0 Å². The first kappa shape index (κ1) is 14.6. The summed E-state index contributed by atoms with van der Waals surface area (Å²) in [6, 6.07) is 6.11. The molecule has 0 aliphatic rings. The second-order valence-electron chi connectivity index (χ2n) is 5.14. The Bertz CT molecular complexity index is 410. The van der Waals surface area contributed by atoms with Crippen LogP contribution in [0.3, 0.4) is 0 Å². The van der Waals surface area contributed by atoms with Crippen molar-refractivity contribution < 1.29 is 14.6 Å². The standard InChI is InChI=1S/C15H22O3/c1-10(2)13-9-12(5-6-14(13)18-4)7-11(3)8-15(16)17/h5-6,9-11H,7-8H2,1-4H3,(H,16,17). The van der Waals surface area contributed by atoms with E-state index in [4.69, 9.17) is 9.84 Å². The Balaban J connectivity index is 2.84. The highest BCUT2D eigenvalue weighted by atomic mass is 16.5. The van der Waals surface area contributed by atoms with Crippen LogP contribution in [0.5, 0.6) is 5.75 Å². The molecule has 0 aromatic heterocycles. The molecule has 3 nitrogen and oxygen atoms in total. The van der Waals surface area contributed by atoms with Gasteiger partial charge in [0.05, 0.1) is 7.11 Å². The molecular formula is C15H22O3. The van der Waals surface area contributed by atoms with Gasteiger partial charge in [-0.2, -0.15) is 0 Å². The second-order valence-corrected chi connectivity index (χ2v) is 5.14. The van der Waals surface area contributed by atoms with Crippen molar-refractivity contribution in [2.24, 2.45) is 5.92 Å². The van der Waals surface area contributed by atoms with Crippen molar-refractivity contribution in [2.75, 3.05) is 7.11 Å². The van der Waals surface area contributed by atoms with Crippen LogP contribution in [-0.4, -0.2) is 18.2 Å². The quantitative estimate of drug-likeness (QED) is 0.840. The fourth-order valence-electron chi connectivity index (χ4n) is 2.13. The third kappa shape index (κ3) is 4.06. The van der Waals surface area contributed by atoms with Gasteiger partial charge in [-0.3, -0.25) is 4.79 Å². The van der Waals surface area contributed by atoms with Gasteiger partial charge in [-0.1, -0.05) is 32.9 Å². The van der Waals surface area contributed by atoms with Crippen LogP contribution < -0.4 is 4.74 Å². The van der Waals surface area contributed by atoms with Crippen LogP contribution in [0.15, 0.2) is 18.2 Å². The van der Waals surface area contributed by atoms with E-state index in [0.717, 1.165) is 12.2 Å². The summed E-state index contributed by atoms with van der Waals surface area (Å²) in [5.41, 5.74) is 2.35. The zero-order valence-corrected chi connectivity index (χ0v) is 11.6. The first-order chi connectivity index (χ1) is 8.43. The largest absolute Gasteiger partial charge is 0.496 e. The third-order valence-corrected chi connectivity index (χ3v) is 3.02. The van der Waals surface area contributed by atoms with E-state index in [1.165, 1.54) is 11.1 Å². The molecule has 1 unspecified atom stereocenters. The average Bonchev–Trinajstić information content (AvgIpc) is 2.27. The maximum absolute atomic E-state index is 10.7. The lowest BCUT2D eigenvalue weighted by Gasteiger charge is -2.15. The van der Waals surface area contributed by atoms with Crippen LogP contribution in [0.4, 0.5) is 0 Å². The van der Waals surface area contributed by atoms with E-state index >= 15 is 0 Å². The molecular weight excluding hydrogens is 228 g/mol. The molecule has 0 aliphatic heterocycles. The van der Waals surface area contributed by atoms with Crippen LogP contribution in [-0.2, 0) is 11.2 Å². The molecule has 3 heteroatoms. The number of methoxy groups -OCH3 is 1. The molecule has 1 aromatic rings. The van der Waals surface area contributed by atoms with Crippen molar-refractivity contribution in [1.29, 1.82) is 0 Å². The molecule has 1 N–H and O–H groups in total. The number of ether oxygens (including phenoxy) is 1. The fraction of sp³-hybridized carbons (Fsp3) is 0.533. The van der Waals surface area contributed by atoms with Crippen LogP contribution in [0.1, 0.15) is 44.2 Å². The first-order valence-electron chi connectivity index (χ1n) is 6.32. The fourth-order valence-corrected chi connectivity index (χ4v) is 2.13. The summed E-state index contributed by atoms with van der Waals surface area (Å²) in [5.74, 6) is 0.713. The van der Waals surface area contributed by atoms with Crippen LogP contribution in [0.2, 0.25) is 0 Å². The second kappa shape index (κ2) is 6.43. The summed E-state index contributed by atoms with van der Waals surface area (Å²) in [5, 5.41) is 8.77. The number of carboxylic acids is 1. The van der Waals surface area contributed by atoms with Gasteiger partial charge in [0.2, 0.25) is 0 Å². The van der Waals surface area contributed by atoms with Crippen molar-refractivity contribution in [3.8, 4) is 5.75 Å². The number of benzene rings is 1. The van der Waals surface area contributed by atoms with Gasteiger partial charge < -0.3 is 9.84 Å². The van der Waals surface area contributed by atoms with Crippen molar-refractivity contribution in [1.82, 2.24) is 0 Å². The molecule has 0 fully saturated rings. The smallest absolute Gasteiger partial charge is 0.303 e. The van der Waals surface area contributed by atoms with Crippen molar-refractivity contribution >= 4 is 5.97 Å². The molecule has 0 saturated carbocycles. The molecule has 1 atom stereocenters. The Morgan fingerprint density at radius 3 is 2.50 bits per heavy atom. The number of hydrogen-bond donors (Lipinski definition) is 1. The van der Waals surface area contributed by atoms with Gasteiger partial charge in [0, 0.05) is 6.42 Å². The summed E-state index contributed by atoms with van der Waals surface area (Å²) in [7, 11) is 1.67. The van der Waals surface area contributed by atoms with Crippen LogP contribution in [0.25, 0.3) is 0 Å². The Morgan fingerprint density at radius 1 is 1.33 bits per heavy atom. The molecule has 0 aliphatic carbocycles. The Labute approximate surface area is 109 Å². The molecule has 18 heavy (non-hydrogen) atoms. The van der Waals surface area contributed by atoms with E-state index in [1.807, 2.05) is 19.1 Å². The molecule has 0 heterocycles. The minimum Gasteiger partial charge on any atom is -0.496 e. The zero-order valence-electron chi connectivity index (χ0n) is 11.6. The average molecular weight is 250 g/mol. The van der Waals surface area contributed by atoms with Gasteiger partial charge in [0.1, 0.15) is 5.75 Å². The van der Waals surface area contributed by atoms with E-state index in [0.29, 0.717) is 5.92 Å². The molecule has 0 radical (unpaired) electrons. The highest BCUT2D eigenvalue weighted by Crippen LogP contribution is 2.28. The van der Waals surface area contributed by atoms with E-state index in [-0.39, 0.29) is 12.3 Å². The van der Waals surface area contributed by atoms with Crippen LogP contribution in [0, 0.1) is 5.92 Å². The zero-order chi connectivity index (χ0) is 13.7. The normalized spacial score (nSPS) is 12.5. The highest BCUT2D eigenvalue weighted by molar-refractivity contribution is 5.67. The first-order valence-corrected chi connectivity index (χ1v) is 6.32. The van der Waals surface area contributed by atoms with Crippen molar-refractivity contribution in [3.05, 3.63) is 29.3 Å². The molecule has 0 saturated heterocycles. The lowest BCUT2D eigenvalue weighted by atomic mass is 9.93. The summed E-state index contributed by atoms with van der Waals surface area (Å²) in [6.07, 6.45) is 0.999. The molecule has 0 spiro atoms. The molecule has 1 aromatic carbocycles. The van der Waals surface area contributed by atoms with E-state index < -0.39 is 5.97 Å². The van der Waals surface area contributed by atoms with Crippen molar-refractivity contribution in [2.45, 2.75) is 39.5 Å². The third-order valence-electron chi connectivity index (χ3n) is 3.02. The predicted octanol–water partition coefficient (Wildman–Crippen LogP) is 3.47. The monoisotopic (exact) mass is 250 g/mol. The van der Waals surface area contributed by atoms with Gasteiger partial charge in [-0.15, -0.1) is 0 Å². The minimum atomic E-state index is -0.736. The van der Waals surface area contributed by atoms with Gasteiger partial charge in [0.25, 0.3) is 0 Å². The van der Waals surface area contributed by atoms with Crippen molar-refractivity contribution in [3.63, 3.8) is 0 Å². The van der Waals surface area contributed by atoms with E-state index in [9.17, 15) is 4.79 Å². The predicted molar refractivity (Wildman–Crippen MR) is 72.2 cm³/mol. The Hall–Kier alpha value is -1.51. The molecule has 1 rings (SSSR count). The summed E-state index contributed by atoms with van der Waals surface area (Å²) in [4.78, 5) is 10.7. The number of carboxylic acid groups (broad SMARTS) is 1. The number of rotatable bonds is 6. The number of carbonyl (C=O) groups is 1. The van der Waals surface area contributed by atoms with Gasteiger partial charge >= 0.3 is 5.97 Å². The number of aliphatic carboxylic acids is 1.